The number of carbonyl (C=O) groups is 1. The number of aromatic nitrogens is 1. The summed E-state index contributed by atoms with van der Waals surface area (Å²) >= 11 is 6.26. The van der Waals surface area contributed by atoms with Crippen LogP contribution in [0.5, 0.6) is 0 Å². The van der Waals surface area contributed by atoms with Crippen LogP contribution in [0.3, 0.4) is 0 Å². The van der Waals surface area contributed by atoms with Crippen LogP contribution in [0.4, 0.5) is 0 Å². The lowest BCUT2D eigenvalue weighted by Gasteiger charge is -2.15. The van der Waals surface area contributed by atoms with Gasteiger partial charge in [0, 0.05) is 27.5 Å². The largest absolute Gasteiger partial charge is 0.481 e. The van der Waals surface area contributed by atoms with Gasteiger partial charge in [-0.2, -0.15) is 0 Å². The van der Waals surface area contributed by atoms with Gasteiger partial charge < -0.3 is 10.1 Å². The number of aromatic amines is 1. The highest BCUT2D eigenvalue weighted by atomic mass is 35.5. The molecule has 3 nitrogen and oxygen atoms in total. The fourth-order valence-corrected chi connectivity index (χ4v) is 2.83. The van der Waals surface area contributed by atoms with Gasteiger partial charge >= 0.3 is 5.97 Å². The number of benzene rings is 1. The Morgan fingerprint density at radius 3 is 2.88 bits per heavy atom. The Morgan fingerprint density at radius 2 is 2.24 bits per heavy atom. The van der Waals surface area contributed by atoms with E-state index >= 15 is 0 Å². The zero-order valence-electron chi connectivity index (χ0n) is 9.16. The van der Waals surface area contributed by atoms with Gasteiger partial charge in [-0.05, 0) is 36.6 Å². The average molecular weight is 250 g/mol. The molecule has 1 aliphatic carbocycles. The summed E-state index contributed by atoms with van der Waals surface area (Å²) in [5, 5.41) is 10.7. The zero-order chi connectivity index (χ0) is 12.0. The highest BCUT2D eigenvalue weighted by Crippen LogP contribution is 2.53. The topological polar surface area (TPSA) is 53.1 Å². The monoisotopic (exact) mass is 249 g/mol. The molecule has 1 saturated carbocycles. The number of hydrogen-bond donors (Lipinski definition) is 2. The Bertz CT molecular complexity index is 598. The zero-order valence-corrected chi connectivity index (χ0v) is 9.92. The van der Waals surface area contributed by atoms with E-state index in [9.17, 15) is 4.79 Å². The van der Waals surface area contributed by atoms with E-state index < -0.39 is 5.97 Å². The number of carboxylic acid groups (broad SMARTS) is 1. The third kappa shape index (κ3) is 1.71. The summed E-state index contributed by atoms with van der Waals surface area (Å²) in [7, 11) is 0. The van der Waals surface area contributed by atoms with E-state index in [0.29, 0.717) is 5.02 Å². The lowest BCUT2D eigenvalue weighted by Crippen LogP contribution is -2.13. The molecule has 0 aliphatic heterocycles. The Balaban J connectivity index is 2.10. The fourth-order valence-electron chi connectivity index (χ4n) is 2.46. The summed E-state index contributed by atoms with van der Waals surface area (Å²) in [5.74, 6) is -0.759. The first-order valence-corrected chi connectivity index (χ1v) is 5.97. The summed E-state index contributed by atoms with van der Waals surface area (Å²) < 4.78 is 0. The number of fused-ring (bicyclic) bond motifs is 1. The highest BCUT2D eigenvalue weighted by molar-refractivity contribution is 6.32. The number of H-pyrrole nitrogens is 1. The average Bonchev–Trinajstić information content (AvgIpc) is 2.87. The second kappa shape index (κ2) is 3.50. The molecule has 0 saturated heterocycles. The van der Waals surface area contributed by atoms with Crippen LogP contribution in [-0.2, 0) is 10.2 Å². The Kier molecular flexibility index (Phi) is 2.20. The van der Waals surface area contributed by atoms with Crippen molar-refractivity contribution < 1.29 is 9.90 Å². The molecule has 2 aromatic rings. The molecule has 88 valence electrons. The van der Waals surface area contributed by atoms with Crippen LogP contribution in [0.2, 0.25) is 5.02 Å². The Morgan fingerprint density at radius 1 is 1.47 bits per heavy atom. The predicted octanol–water partition coefficient (Wildman–Crippen LogP) is 3.33. The summed E-state index contributed by atoms with van der Waals surface area (Å²) in [6, 6.07) is 5.86. The molecule has 1 aromatic heterocycles. The van der Waals surface area contributed by atoms with Gasteiger partial charge in [0.05, 0.1) is 6.42 Å². The third-order valence-electron chi connectivity index (χ3n) is 3.56. The molecule has 0 unspecified atom stereocenters. The first kappa shape index (κ1) is 10.7. The Labute approximate surface area is 103 Å². The lowest BCUT2D eigenvalue weighted by molar-refractivity contribution is -0.137. The molecule has 0 spiro atoms. The van der Waals surface area contributed by atoms with Gasteiger partial charge in [0.2, 0.25) is 0 Å². The van der Waals surface area contributed by atoms with Gasteiger partial charge in [0.25, 0.3) is 0 Å². The lowest BCUT2D eigenvalue weighted by atomic mass is 9.92. The molecule has 1 aromatic carbocycles. The maximum atomic E-state index is 10.9. The molecular weight excluding hydrogens is 238 g/mol. The second-order valence-corrected chi connectivity index (χ2v) is 5.16. The van der Waals surface area contributed by atoms with E-state index in [1.807, 2.05) is 24.4 Å². The van der Waals surface area contributed by atoms with Crippen molar-refractivity contribution in [2.75, 3.05) is 0 Å². The molecule has 2 N–H and O–H groups in total. The first-order valence-electron chi connectivity index (χ1n) is 5.60. The van der Waals surface area contributed by atoms with Crippen molar-refractivity contribution in [1.29, 1.82) is 0 Å². The minimum atomic E-state index is -0.759. The quantitative estimate of drug-likeness (QED) is 0.877. The van der Waals surface area contributed by atoms with Crippen molar-refractivity contribution in [3.63, 3.8) is 0 Å². The van der Waals surface area contributed by atoms with Crippen molar-refractivity contribution in [3.8, 4) is 0 Å². The smallest absolute Gasteiger partial charge is 0.304 e. The number of rotatable bonds is 3. The molecule has 4 heteroatoms. The van der Waals surface area contributed by atoms with Crippen molar-refractivity contribution in [3.05, 3.63) is 35.0 Å². The predicted molar refractivity (Wildman–Crippen MR) is 66.5 cm³/mol. The number of halogens is 1. The standard InChI is InChI=1S/C13H12ClNO2/c14-10-5-8-1-4-15-11(8)6-9(10)13(2-3-13)7-12(16)17/h1,4-6,15H,2-3,7H2,(H,16,17). The van der Waals surface area contributed by atoms with E-state index in [4.69, 9.17) is 16.7 Å². The maximum absolute atomic E-state index is 10.9. The van der Waals surface area contributed by atoms with Crippen LogP contribution in [-0.4, -0.2) is 16.1 Å². The van der Waals surface area contributed by atoms with Crippen molar-refractivity contribution in [2.24, 2.45) is 0 Å². The summed E-state index contributed by atoms with van der Waals surface area (Å²) in [5.41, 5.74) is 1.75. The molecule has 1 aliphatic rings. The molecule has 1 fully saturated rings. The van der Waals surface area contributed by atoms with Gasteiger partial charge in [0.1, 0.15) is 0 Å². The van der Waals surface area contributed by atoms with E-state index in [2.05, 4.69) is 4.98 Å². The first-order chi connectivity index (χ1) is 8.11. The van der Waals surface area contributed by atoms with Crippen molar-refractivity contribution >= 4 is 28.5 Å². The molecule has 1 heterocycles. The summed E-state index contributed by atoms with van der Waals surface area (Å²) in [6.07, 6.45) is 3.84. The van der Waals surface area contributed by atoms with Gasteiger partial charge in [-0.3, -0.25) is 4.79 Å². The summed E-state index contributed by atoms with van der Waals surface area (Å²) in [4.78, 5) is 14.0. The minimum Gasteiger partial charge on any atom is -0.481 e. The van der Waals surface area contributed by atoms with Gasteiger partial charge in [-0.25, -0.2) is 0 Å². The van der Waals surface area contributed by atoms with Gasteiger partial charge in [-0.15, -0.1) is 0 Å². The van der Waals surface area contributed by atoms with Gasteiger partial charge in [-0.1, -0.05) is 11.6 Å². The number of nitrogens with one attached hydrogen (secondary N) is 1. The number of carboxylic acids is 1. The fraction of sp³-hybridized carbons (Fsp3) is 0.308. The van der Waals surface area contributed by atoms with Crippen molar-refractivity contribution in [2.45, 2.75) is 24.7 Å². The number of hydrogen-bond acceptors (Lipinski definition) is 1. The van der Waals surface area contributed by atoms with E-state index in [0.717, 1.165) is 29.3 Å². The number of aliphatic carboxylic acids is 1. The van der Waals surface area contributed by atoms with Crippen LogP contribution in [0, 0.1) is 0 Å². The third-order valence-corrected chi connectivity index (χ3v) is 3.87. The Hall–Kier alpha value is -1.48. The molecule has 3 rings (SSSR count). The molecule has 0 radical (unpaired) electrons. The van der Waals surface area contributed by atoms with Crippen LogP contribution < -0.4 is 0 Å². The molecule has 0 bridgehead atoms. The molecule has 17 heavy (non-hydrogen) atoms. The molecule has 0 atom stereocenters. The van der Waals surface area contributed by atoms with Gasteiger partial charge in [0.15, 0.2) is 0 Å². The normalized spacial score (nSPS) is 17.2. The van der Waals surface area contributed by atoms with Crippen LogP contribution in [0.1, 0.15) is 24.8 Å². The minimum absolute atomic E-state index is 0.166. The van der Waals surface area contributed by atoms with Crippen LogP contribution in [0.15, 0.2) is 24.4 Å². The van der Waals surface area contributed by atoms with Crippen molar-refractivity contribution in [1.82, 2.24) is 4.98 Å². The van der Waals surface area contributed by atoms with Crippen LogP contribution >= 0.6 is 11.6 Å². The molecule has 0 amide bonds. The SMILES string of the molecule is O=C(O)CC1(c2cc3[nH]ccc3cc2Cl)CC1. The van der Waals surface area contributed by atoms with Crippen LogP contribution in [0.25, 0.3) is 10.9 Å². The van der Waals surface area contributed by atoms with E-state index in [-0.39, 0.29) is 11.8 Å². The molecular formula is C13H12ClNO2. The maximum Gasteiger partial charge on any atom is 0.304 e. The van der Waals surface area contributed by atoms with E-state index in [1.54, 1.807) is 0 Å². The summed E-state index contributed by atoms with van der Waals surface area (Å²) in [6.45, 7) is 0. The van der Waals surface area contributed by atoms with E-state index in [1.165, 1.54) is 0 Å². The highest BCUT2D eigenvalue weighted by Gasteiger charge is 2.47. The second-order valence-electron chi connectivity index (χ2n) is 4.75.